The van der Waals surface area contributed by atoms with Crippen molar-refractivity contribution in [1.29, 1.82) is 0 Å². The van der Waals surface area contributed by atoms with Crippen LogP contribution in [0.4, 0.5) is 5.69 Å². The van der Waals surface area contributed by atoms with Crippen molar-refractivity contribution >= 4 is 27.3 Å². The van der Waals surface area contributed by atoms with Gasteiger partial charge in [0.2, 0.25) is 9.84 Å². The van der Waals surface area contributed by atoms with Crippen molar-refractivity contribution in [2.75, 3.05) is 6.61 Å². The van der Waals surface area contributed by atoms with Crippen molar-refractivity contribution in [2.24, 2.45) is 0 Å². The molecular formula is C27H19NO7S. The van der Waals surface area contributed by atoms with E-state index in [0.29, 0.717) is 5.56 Å². The molecule has 0 saturated heterocycles. The molecule has 0 spiro atoms. The van der Waals surface area contributed by atoms with Gasteiger partial charge < -0.3 is 4.74 Å². The van der Waals surface area contributed by atoms with Crippen LogP contribution < -0.4 is 0 Å². The van der Waals surface area contributed by atoms with Crippen molar-refractivity contribution in [2.45, 2.75) is 9.79 Å². The van der Waals surface area contributed by atoms with Gasteiger partial charge in [-0.1, -0.05) is 78.9 Å². The summed E-state index contributed by atoms with van der Waals surface area (Å²) in [6.45, 7) is -0.608. The van der Waals surface area contributed by atoms with E-state index in [1.165, 1.54) is 30.3 Å². The van der Waals surface area contributed by atoms with Crippen molar-refractivity contribution in [3.05, 3.63) is 124 Å². The number of para-hydroxylation sites is 1. The Hall–Kier alpha value is -4.63. The Morgan fingerprint density at radius 3 is 1.94 bits per heavy atom. The van der Waals surface area contributed by atoms with Gasteiger partial charge in [-0.05, 0) is 29.3 Å². The lowest BCUT2D eigenvalue weighted by Gasteiger charge is -2.11. The summed E-state index contributed by atoms with van der Waals surface area (Å²) in [6.07, 6.45) is 0. The van der Waals surface area contributed by atoms with Crippen LogP contribution in [-0.4, -0.2) is 31.7 Å². The largest absolute Gasteiger partial charge is 0.454 e. The molecule has 36 heavy (non-hydrogen) atoms. The average molecular weight is 502 g/mol. The Bertz CT molecular complexity index is 1550. The topological polar surface area (TPSA) is 121 Å². The number of nitro benzene ring substituents is 1. The maximum Gasteiger partial charge on any atom is 0.339 e. The van der Waals surface area contributed by atoms with Crippen LogP contribution in [0.1, 0.15) is 20.7 Å². The van der Waals surface area contributed by atoms with Gasteiger partial charge >= 0.3 is 5.97 Å². The van der Waals surface area contributed by atoms with Gasteiger partial charge in [0.25, 0.3) is 5.69 Å². The third-order valence-corrected chi connectivity index (χ3v) is 7.26. The SMILES string of the molecule is O=C(COC(=O)c1ccccc1S(=O)(=O)c1ccccc1[N+](=O)[O-])c1ccc(-c2ccccc2)cc1. The second-order valence-electron chi connectivity index (χ2n) is 7.67. The minimum absolute atomic E-state index is 0.322. The third-order valence-electron chi connectivity index (χ3n) is 5.40. The molecule has 0 unspecified atom stereocenters. The highest BCUT2D eigenvalue weighted by Crippen LogP contribution is 2.31. The first kappa shape index (κ1) is 24.5. The molecule has 0 bridgehead atoms. The van der Waals surface area contributed by atoms with Crippen LogP contribution in [0.5, 0.6) is 0 Å². The molecule has 9 heteroatoms. The van der Waals surface area contributed by atoms with Gasteiger partial charge in [-0.2, -0.15) is 0 Å². The summed E-state index contributed by atoms with van der Waals surface area (Å²) in [4.78, 5) is 34.9. The lowest BCUT2D eigenvalue weighted by molar-refractivity contribution is -0.387. The Labute approximate surface area is 206 Å². The van der Waals surface area contributed by atoms with E-state index in [1.807, 2.05) is 30.3 Å². The molecule has 0 aromatic heterocycles. The maximum atomic E-state index is 13.2. The molecule has 180 valence electrons. The molecule has 0 aliphatic carbocycles. The Kier molecular flexibility index (Phi) is 7.03. The number of nitro groups is 1. The molecule has 4 aromatic rings. The number of ketones is 1. The van der Waals surface area contributed by atoms with E-state index in [0.717, 1.165) is 29.3 Å². The number of hydrogen-bond donors (Lipinski definition) is 0. The molecule has 0 atom stereocenters. The molecule has 0 saturated carbocycles. The van der Waals surface area contributed by atoms with E-state index in [9.17, 15) is 28.1 Å². The van der Waals surface area contributed by atoms with Crippen LogP contribution in [-0.2, 0) is 14.6 Å². The second kappa shape index (κ2) is 10.3. The number of rotatable bonds is 8. The minimum Gasteiger partial charge on any atom is -0.454 e. The highest BCUT2D eigenvalue weighted by Gasteiger charge is 2.31. The molecule has 0 N–H and O–H groups in total. The predicted octanol–water partition coefficient (Wildman–Crippen LogP) is 5.13. The van der Waals surface area contributed by atoms with Crippen LogP contribution in [0.3, 0.4) is 0 Å². The number of esters is 1. The first-order chi connectivity index (χ1) is 17.3. The fourth-order valence-corrected chi connectivity index (χ4v) is 5.21. The molecule has 0 radical (unpaired) electrons. The quantitative estimate of drug-likeness (QED) is 0.142. The Morgan fingerprint density at radius 2 is 1.28 bits per heavy atom. The highest BCUT2D eigenvalue weighted by atomic mass is 32.2. The number of benzene rings is 4. The molecule has 8 nitrogen and oxygen atoms in total. The van der Waals surface area contributed by atoms with Crippen molar-refractivity contribution in [3.63, 3.8) is 0 Å². The molecule has 0 heterocycles. The molecule has 0 aliphatic rings. The summed E-state index contributed by atoms with van der Waals surface area (Å²) >= 11 is 0. The summed E-state index contributed by atoms with van der Waals surface area (Å²) in [5, 5.41) is 11.3. The zero-order valence-electron chi connectivity index (χ0n) is 18.7. The summed E-state index contributed by atoms with van der Waals surface area (Å²) in [5.41, 5.74) is 1.28. The number of hydrogen-bond acceptors (Lipinski definition) is 7. The van der Waals surface area contributed by atoms with E-state index in [2.05, 4.69) is 0 Å². The van der Waals surface area contributed by atoms with Crippen LogP contribution in [0, 0.1) is 10.1 Å². The van der Waals surface area contributed by atoms with E-state index in [4.69, 9.17) is 4.74 Å². The van der Waals surface area contributed by atoms with Gasteiger partial charge in [-0.25, -0.2) is 13.2 Å². The van der Waals surface area contributed by atoms with Gasteiger partial charge in [0.15, 0.2) is 12.4 Å². The minimum atomic E-state index is -4.44. The van der Waals surface area contributed by atoms with Gasteiger partial charge in [-0.3, -0.25) is 14.9 Å². The van der Waals surface area contributed by atoms with Gasteiger partial charge in [0, 0.05) is 11.6 Å². The number of carbonyl (C=O) groups is 2. The summed E-state index contributed by atoms with van der Waals surface area (Å²) in [5.74, 6) is -1.51. The number of carbonyl (C=O) groups excluding carboxylic acids is 2. The molecule has 0 aliphatic heterocycles. The maximum absolute atomic E-state index is 13.2. The predicted molar refractivity (Wildman–Crippen MR) is 131 cm³/mol. The number of sulfone groups is 1. The van der Waals surface area contributed by atoms with Gasteiger partial charge in [0.1, 0.15) is 4.90 Å². The van der Waals surface area contributed by atoms with Gasteiger partial charge in [-0.15, -0.1) is 0 Å². The first-order valence-corrected chi connectivity index (χ1v) is 12.2. The van der Waals surface area contributed by atoms with Crippen LogP contribution >= 0.6 is 0 Å². The van der Waals surface area contributed by atoms with Crippen LogP contribution in [0.2, 0.25) is 0 Å². The fraction of sp³-hybridized carbons (Fsp3) is 0.0370. The standard InChI is InChI=1S/C27H19NO7S/c29-24(21-16-14-20(15-17-21)19-8-2-1-3-9-19)18-35-27(30)22-10-4-6-12-25(22)36(33,34)26-13-7-5-11-23(26)28(31)32/h1-17H,18H2. The lowest BCUT2D eigenvalue weighted by Crippen LogP contribution is -2.17. The zero-order valence-corrected chi connectivity index (χ0v) is 19.6. The van der Waals surface area contributed by atoms with Crippen LogP contribution in [0.15, 0.2) is 113 Å². The zero-order chi connectivity index (χ0) is 25.7. The van der Waals surface area contributed by atoms with Crippen molar-refractivity contribution in [3.8, 4) is 11.1 Å². The third kappa shape index (κ3) is 5.06. The molecule has 4 rings (SSSR count). The fourth-order valence-electron chi connectivity index (χ4n) is 3.59. The normalized spacial score (nSPS) is 11.0. The number of Topliss-reactive ketones (excluding diaryl/α,β-unsaturated/α-hetero) is 1. The Balaban J connectivity index is 1.53. The summed E-state index contributed by atoms with van der Waals surface area (Å²) in [6, 6.07) is 26.4. The van der Waals surface area contributed by atoms with Crippen LogP contribution in [0.25, 0.3) is 11.1 Å². The van der Waals surface area contributed by atoms with E-state index in [-0.39, 0.29) is 5.56 Å². The van der Waals surface area contributed by atoms with Gasteiger partial charge in [0.05, 0.1) is 15.4 Å². The lowest BCUT2D eigenvalue weighted by atomic mass is 10.0. The highest BCUT2D eigenvalue weighted by molar-refractivity contribution is 7.91. The summed E-state index contributed by atoms with van der Waals surface area (Å²) in [7, 11) is -4.44. The van der Waals surface area contributed by atoms with Crippen molar-refractivity contribution in [1.82, 2.24) is 0 Å². The first-order valence-electron chi connectivity index (χ1n) is 10.7. The van der Waals surface area contributed by atoms with E-state index >= 15 is 0 Å². The molecule has 4 aromatic carbocycles. The Morgan fingerprint density at radius 1 is 0.722 bits per heavy atom. The smallest absolute Gasteiger partial charge is 0.339 e. The average Bonchev–Trinajstić information content (AvgIpc) is 2.92. The number of ether oxygens (including phenoxy) is 1. The molecule has 0 fully saturated rings. The van der Waals surface area contributed by atoms with E-state index in [1.54, 1.807) is 24.3 Å². The second-order valence-corrected chi connectivity index (χ2v) is 9.55. The monoisotopic (exact) mass is 501 g/mol. The van der Waals surface area contributed by atoms with Crippen molar-refractivity contribution < 1.29 is 27.7 Å². The molecule has 0 amide bonds. The summed E-state index contributed by atoms with van der Waals surface area (Å²) < 4.78 is 31.5. The molecular weight excluding hydrogens is 482 g/mol. The van der Waals surface area contributed by atoms with E-state index < -0.39 is 48.6 Å². The number of nitrogens with zero attached hydrogens (tertiary/aromatic N) is 1.